The zero-order chi connectivity index (χ0) is 10.1. The van der Waals surface area contributed by atoms with Crippen LogP contribution in [0.3, 0.4) is 0 Å². The molecule has 3 nitrogen and oxygen atoms in total. The molecule has 3 heteroatoms. The molecule has 1 aromatic heterocycles. The third-order valence-electron chi connectivity index (χ3n) is 3.61. The molecule has 3 rings (SSSR count). The Kier molecular flexibility index (Phi) is 2.49. The summed E-state index contributed by atoms with van der Waals surface area (Å²) in [6, 6.07) is 0. The van der Waals surface area contributed by atoms with Gasteiger partial charge in [-0.2, -0.15) is 0 Å². The van der Waals surface area contributed by atoms with Gasteiger partial charge < -0.3 is 10.3 Å². The maximum Gasteiger partial charge on any atom is 0.106 e. The zero-order valence-corrected chi connectivity index (χ0v) is 9.13. The number of aromatic amines is 1. The molecule has 2 heterocycles. The second kappa shape index (κ2) is 3.97. The Bertz CT molecular complexity index is 321. The summed E-state index contributed by atoms with van der Waals surface area (Å²) in [6.07, 6.45) is 8.52. The molecule has 1 saturated heterocycles. The summed E-state index contributed by atoms with van der Waals surface area (Å²) >= 11 is 0. The Balaban J connectivity index is 1.60. The first-order valence-electron chi connectivity index (χ1n) is 6.16. The third kappa shape index (κ3) is 2.23. The average molecular weight is 205 g/mol. The topological polar surface area (TPSA) is 40.7 Å². The molecule has 0 unspecified atom stereocenters. The van der Waals surface area contributed by atoms with Gasteiger partial charge in [0.15, 0.2) is 0 Å². The van der Waals surface area contributed by atoms with Crippen LogP contribution < -0.4 is 5.32 Å². The van der Waals surface area contributed by atoms with Crippen LogP contribution in [0.25, 0.3) is 0 Å². The Labute approximate surface area is 90.7 Å². The van der Waals surface area contributed by atoms with Crippen LogP contribution >= 0.6 is 0 Å². The van der Waals surface area contributed by atoms with E-state index in [9.17, 15) is 0 Å². The van der Waals surface area contributed by atoms with E-state index in [0.717, 1.165) is 18.3 Å². The second-order valence-corrected chi connectivity index (χ2v) is 4.96. The van der Waals surface area contributed by atoms with Gasteiger partial charge in [0.05, 0.1) is 0 Å². The number of piperidine rings is 1. The van der Waals surface area contributed by atoms with Crippen molar-refractivity contribution in [3.05, 3.63) is 17.7 Å². The van der Waals surface area contributed by atoms with Crippen LogP contribution in [0.5, 0.6) is 0 Å². The van der Waals surface area contributed by atoms with Gasteiger partial charge in [-0.1, -0.05) is 0 Å². The molecule has 15 heavy (non-hydrogen) atoms. The van der Waals surface area contributed by atoms with Crippen molar-refractivity contribution < 1.29 is 0 Å². The number of hydrogen-bond donors (Lipinski definition) is 2. The van der Waals surface area contributed by atoms with Crippen molar-refractivity contribution in [3.63, 3.8) is 0 Å². The minimum Gasteiger partial charge on any atom is -0.346 e. The SMILES string of the molecule is c1nc(CC2CCNCC2)[nH]c1C1CC1. The minimum atomic E-state index is 0.805. The summed E-state index contributed by atoms with van der Waals surface area (Å²) in [5.41, 5.74) is 1.37. The lowest BCUT2D eigenvalue weighted by Gasteiger charge is -2.21. The standard InChI is InChI=1S/C12H19N3/c1-2-10(1)11-8-14-12(15-11)7-9-3-5-13-6-4-9/h8-10,13H,1-7H2,(H,14,15). The smallest absolute Gasteiger partial charge is 0.106 e. The summed E-state index contributed by atoms with van der Waals surface area (Å²) < 4.78 is 0. The van der Waals surface area contributed by atoms with Gasteiger partial charge in [-0.3, -0.25) is 0 Å². The lowest BCUT2D eigenvalue weighted by molar-refractivity contribution is 0.368. The summed E-state index contributed by atoms with van der Waals surface area (Å²) in [5, 5.41) is 3.40. The van der Waals surface area contributed by atoms with Crippen LogP contribution in [-0.2, 0) is 6.42 Å². The zero-order valence-electron chi connectivity index (χ0n) is 9.13. The van der Waals surface area contributed by atoms with Gasteiger partial charge in [-0.15, -0.1) is 0 Å². The highest BCUT2D eigenvalue weighted by atomic mass is 14.9. The Morgan fingerprint density at radius 3 is 2.73 bits per heavy atom. The Hall–Kier alpha value is -0.830. The lowest BCUT2D eigenvalue weighted by atomic mass is 9.94. The first-order valence-corrected chi connectivity index (χ1v) is 6.16. The number of aromatic nitrogens is 2. The largest absolute Gasteiger partial charge is 0.346 e. The molecule has 0 spiro atoms. The first kappa shape index (κ1) is 9.40. The van der Waals surface area contributed by atoms with Crippen LogP contribution in [0.4, 0.5) is 0 Å². The van der Waals surface area contributed by atoms with Crippen LogP contribution in [0.1, 0.15) is 43.1 Å². The minimum absolute atomic E-state index is 0.805. The highest BCUT2D eigenvalue weighted by Gasteiger charge is 2.25. The highest BCUT2D eigenvalue weighted by Crippen LogP contribution is 2.38. The monoisotopic (exact) mass is 205 g/mol. The Morgan fingerprint density at radius 1 is 1.20 bits per heavy atom. The van der Waals surface area contributed by atoms with E-state index < -0.39 is 0 Å². The molecule has 1 aliphatic carbocycles. The van der Waals surface area contributed by atoms with E-state index in [1.807, 2.05) is 6.20 Å². The maximum atomic E-state index is 4.50. The van der Waals surface area contributed by atoms with E-state index >= 15 is 0 Å². The molecule has 2 fully saturated rings. The number of nitrogens with zero attached hydrogens (tertiary/aromatic N) is 1. The van der Waals surface area contributed by atoms with E-state index in [1.54, 1.807) is 0 Å². The molecule has 0 aromatic carbocycles. The van der Waals surface area contributed by atoms with Crippen LogP contribution in [0.2, 0.25) is 0 Å². The third-order valence-corrected chi connectivity index (χ3v) is 3.61. The predicted molar refractivity (Wildman–Crippen MR) is 59.9 cm³/mol. The fraction of sp³-hybridized carbons (Fsp3) is 0.750. The molecular weight excluding hydrogens is 186 g/mol. The summed E-state index contributed by atoms with van der Waals surface area (Å²) in [5.74, 6) is 2.85. The number of rotatable bonds is 3. The Morgan fingerprint density at radius 2 is 2.00 bits per heavy atom. The number of H-pyrrole nitrogens is 1. The van der Waals surface area contributed by atoms with Crippen molar-refractivity contribution in [3.8, 4) is 0 Å². The van der Waals surface area contributed by atoms with Crippen molar-refractivity contribution in [1.29, 1.82) is 0 Å². The lowest BCUT2D eigenvalue weighted by Crippen LogP contribution is -2.28. The molecular formula is C12H19N3. The van der Waals surface area contributed by atoms with Gasteiger partial charge in [-0.05, 0) is 44.7 Å². The molecule has 1 aromatic rings. The van der Waals surface area contributed by atoms with E-state index in [-0.39, 0.29) is 0 Å². The molecule has 0 amide bonds. The van der Waals surface area contributed by atoms with Gasteiger partial charge in [0.1, 0.15) is 5.82 Å². The molecule has 0 radical (unpaired) electrons. The van der Waals surface area contributed by atoms with Crippen molar-refractivity contribution in [2.24, 2.45) is 5.92 Å². The van der Waals surface area contributed by atoms with Gasteiger partial charge in [-0.25, -0.2) is 4.98 Å². The molecule has 82 valence electrons. The summed E-state index contributed by atoms with van der Waals surface area (Å²) in [4.78, 5) is 7.99. The molecule has 0 atom stereocenters. The number of nitrogens with one attached hydrogen (secondary N) is 2. The van der Waals surface area contributed by atoms with Crippen molar-refractivity contribution in [2.45, 2.75) is 38.0 Å². The highest BCUT2D eigenvalue weighted by molar-refractivity contribution is 5.13. The van der Waals surface area contributed by atoms with Gasteiger partial charge in [0.25, 0.3) is 0 Å². The normalized spacial score (nSPS) is 23.2. The fourth-order valence-electron chi connectivity index (χ4n) is 2.44. The quantitative estimate of drug-likeness (QED) is 0.790. The van der Waals surface area contributed by atoms with Crippen LogP contribution in [-0.4, -0.2) is 23.1 Å². The van der Waals surface area contributed by atoms with E-state index in [0.29, 0.717) is 0 Å². The van der Waals surface area contributed by atoms with Crippen LogP contribution in [0.15, 0.2) is 6.20 Å². The first-order chi connectivity index (χ1) is 7.42. The van der Waals surface area contributed by atoms with E-state index in [1.165, 1.54) is 50.3 Å². The molecule has 1 saturated carbocycles. The van der Waals surface area contributed by atoms with Crippen LogP contribution in [0, 0.1) is 5.92 Å². The fourth-order valence-corrected chi connectivity index (χ4v) is 2.44. The molecule has 0 bridgehead atoms. The van der Waals surface area contributed by atoms with Gasteiger partial charge in [0, 0.05) is 24.2 Å². The number of imidazole rings is 1. The molecule has 2 aliphatic rings. The van der Waals surface area contributed by atoms with Crippen molar-refractivity contribution >= 4 is 0 Å². The molecule has 1 aliphatic heterocycles. The average Bonchev–Trinajstić information content (AvgIpc) is 3.02. The maximum absolute atomic E-state index is 4.50. The second-order valence-electron chi connectivity index (χ2n) is 4.96. The van der Waals surface area contributed by atoms with E-state index in [4.69, 9.17) is 0 Å². The number of hydrogen-bond acceptors (Lipinski definition) is 2. The predicted octanol–water partition coefficient (Wildman–Crippen LogP) is 1.83. The van der Waals surface area contributed by atoms with Crippen molar-refractivity contribution in [2.75, 3.05) is 13.1 Å². The van der Waals surface area contributed by atoms with Crippen molar-refractivity contribution in [1.82, 2.24) is 15.3 Å². The molecule has 2 N–H and O–H groups in total. The van der Waals surface area contributed by atoms with Gasteiger partial charge in [0.2, 0.25) is 0 Å². The van der Waals surface area contributed by atoms with Gasteiger partial charge >= 0.3 is 0 Å². The summed E-state index contributed by atoms with van der Waals surface area (Å²) in [6.45, 7) is 2.36. The van der Waals surface area contributed by atoms with E-state index in [2.05, 4.69) is 15.3 Å². The summed E-state index contributed by atoms with van der Waals surface area (Å²) in [7, 11) is 0.